The zero-order valence-corrected chi connectivity index (χ0v) is 19.4. The predicted octanol–water partition coefficient (Wildman–Crippen LogP) is 5.22. The molecule has 7 nitrogen and oxygen atoms in total. The van der Waals surface area contributed by atoms with Crippen molar-refractivity contribution >= 4 is 69.7 Å². The zero-order valence-electron chi connectivity index (χ0n) is 16.5. The summed E-state index contributed by atoms with van der Waals surface area (Å²) in [7, 11) is 1.60. The number of hydrazone groups is 1. The maximum absolute atomic E-state index is 14.8. The minimum Gasteiger partial charge on any atom is -0.398 e. The van der Waals surface area contributed by atoms with Crippen LogP contribution < -0.4 is 16.5 Å². The lowest BCUT2D eigenvalue weighted by Gasteiger charge is -2.12. The summed E-state index contributed by atoms with van der Waals surface area (Å²) in [5.74, 6) is -1.67. The molecule has 0 spiro atoms. The highest BCUT2D eigenvalue weighted by atomic mass is 127. The summed E-state index contributed by atoms with van der Waals surface area (Å²) < 4.78 is 28.7. The van der Waals surface area contributed by atoms with Gasteiger partial charge in [0.2, 0.25) is 0 Å². The Bertz CT molecular complexity index is 1240. The van der Waals surface area contributed by atoms with Crippen molar-refractivity contribution in [2.75, 3.05) is 23.5 Å². The number of hydrogen-bond donors (Lipinski definition) is 3. The first-order chi connectivity index (χ1) is 15.3. The number of nitrogens with two attached hydrogens (primary N) is 1. The molecule has 164 valence electrons. The molecule has 32 heavy (non-hydrogen) atoms. The molecule has 2 aromatic carbocycles. The summed E-state index contributed by atoms with van der Waals surface area (Å²) in [6.45, 7) is 0. The summed E-state index contributed by atoms with van der Waals surface area (Å²) >= 11 is 8.11. The van der Waals surface area contributed by atoms with Crippen LogP contribution in [0.25, 0.3) is 11.1 Å². The van der Waals surface area contributed by atoms with Crippen LogP contribution in [-0.4, -0.2) is 30.4 Å². The van der Waals surface area contributed by atoms with E-state index in [2.05, 4.69) is 25.8 Å². The number of carbonyl (C=O) groups excluding carboxylic acids is 1. The van der Waals surface area contributed by atoms with Gasteiger partial charge in [0, 0.05) is 33.6 Å². The lowest BCUT2D eigenvalue weighted by atomic mass is 10.0. The molecule has 0 radical (unpaired) electrons. The van der Waals surface area contributed by atoms with Crippen LogP contribution in [0.15, 0.2) is 52.7 Å². The van der Waals surface area contributed by atoms with E-state index in [1.165, 1.54) is 49.0 Å². The van der Waals surface area contributed by atoms with Gasteiger partial charge in [0.25, 0.3) is 5.91 Å². The van der Waals surface area contributed by atoms with Gasteiger partial charge in [-0.1, -0.05) is 11.6 Å². The molecule has 1 amide bonds. The van der Waals surface area contributed by atoms with E-state index in [9.17, 15) is 13.6 Å². The van der Waals surface area contributed by atoms with Crippen LogP contribution in [0.3, 0.4) is 0 Å². The van der Waals surface area contributed by atoms with Crippen molar-refractivity contribution in [1.82, 2.24) is 4.98 Å². The second kappa shape index (κ2) is 10.5. The molecule has 3 aromatic rings. The molecule has 3 rings (SSSR count). The molecule has 4 N–H and O–H groups in total. The number of nitrogen functional groups attached to an aromatic ring is 1. The standard InChI is InChI=1S/C21H16ClF2IN6O/c1-27-4-5-29-31-20-16(22)7-12(10-28-20)30-21(32)15-9-18(25)14(8-17(15)24)13-3-2-11(23)6-19(13)26/h2-10H,26H2,1H3,(H,28,31)(H,30,32)/b27-4?,29-5-. The van der Waals surface area contributed by atoms with Gasteiger partial charge in [0.15, 0.2) is 5.82 Å². The highest BCUT2D eigenvalue weighted by Gasteiger charge is 2.18. The summed E-state index contributed by atoms with van der Waals surface area (Å²) in [5, 5.41) is 6.61. The molecule has 0 aliphatic rings. The van der Waals surface area contributed by atoms with Crippen LogP contribution in [-0.2, 0) is 0 Å². The fourth-order valence-corrected chi connectivity index (χ4v) is 3.66. The molecule has 1 heterocycles. The highest BCUT2D eigenvalue weighted by molar-refractivity contribution is 14.1. The van der Waals surface area contributed by atoms with Crippen molar-refractivity contribution in [2.24, 2.45) is 10.1 Å². The lowest BCUT2D eigenvalue weighted by Crippen LogP contribution is -2.15. The molecule has 0 bridgehead atoms. The average Bonchev–Trinajstić information content (AvgIpc) is 2.74. The topological polar surface area (TPSA) is 105 Å². The number of aliphatic imine (C=N–C) groups is 1. The van der Waals surface area contributed by atoms with Crippen LogP contribution in [0.1, 0.15) is 10.4 Å². The Morgan fingerprint density at radius 1 is 1.19 bits per heavy atom. The molecule has 1 aromatic heterocycles. The van der Waals surface area contributed by atoms with Crippen molar-refractivity contribution in [3.8, 4) is 11.1 Å². The quantitative estimate of drug-likeness (QED) is 0.164. The second-order valence-electron chi connectivity index (χ2n) is 6.35. The Morgan fingerprint density at radius 2 is 1.97 bits per heavy atom. The fraction of sp³-hybridized carbons (Fsp3) is 0.0476. The Labute approximate surface area is 200 Å². The van der Waals surface area contributed by atoms with E-state index in [0.717, 1.165) is 6.07 Å². The molecule has 11 heteroatoms. The van der Waals surface area contributed by atoms with Crippen LogP contribution >= 0.6 is 34.2 Å². The Kier molecular flexibility index (Phi) is 7.70. The molecule has 0 unspecified atom stereocenters. The van der Waals surface area contributed by atoms with Gasteiger partial charge in [0.1, 0.15) is 11.6 Å². The average molecular weight is 569 g/mol. The summed E-state index contributed by atoms with van der Waals surface area (Å²) in [4.78, 5) is 20.5. The minimum atomic E-state index is -0.758. The monoisotopic (exact) mass is 568 g/mol. The van der Waals surface area contributed by atoms with Crippen LogP contribution in [0.2, 0.25) is 5.02 Å². The van der Waals surface area contributed by atoms with Crippen molar-refractivity contribution in [2.45, 2.75) is 0 Å². The van der Waals surface area contributed by atoms with Gasteiger partial charge in [-0.3, -0.25) is 15.2 Å². The molecule has 0 atom stereocenters. The van der Waals surface area contributed by atoms with Crippen molar-refractivity contribution < 1.29 is 13.6 Å². The Balaban J connectivity index is 1.81. The van der Waals surface area contributed by atoms with Crippen molar-refractivity contribution in [1.29, 1.82) is 0 Å². The number of nitrogens with one attached hydrogen (secondary N) is 2. The minimum absolute atomic E-state index is 0.167. The maximum atomic E-state index is 14.8. The van der Waals surface area contributed by atoms with Crippen molar-refractivity contribution in [3.05, 3.63) is 68.4 Å². The number of carbonyl (C=O) groups is 1. The molecule has 0 aliphatic carbocycles. The number of hydrogen-bond acceptors (Lipinski definition) is 6. The number of pyridine rings is 1. The number of amides is 1. The first-order valence-corrected chi connectivity index (χ1v) is 10.5. The third-order valence-electron chi connectivity index (χ3n) is 4.16. The van der Waals surface area contributed by atoms with Crippen molar-refractivity contribution in [3.63, 3.8) is 0 Å². The van der Waals surface area contributed by atoms with Gasteiger partial charge < -0.3 is 11.1 Å². The summed E-state index contributed by atoms with van der Waals surface area (Å²) in [6, 6.07) is 7.88. The molecular weight excluding hydrogens is 553 g/mol. The molecule has 0 fully saturated rings. The fourth-order valence-electron chi connectivity index (χ4n) is 2.69. The van der Waals surface area contributed by atoms with E-state index in [-0.39, 0.29) is 27.8 Å². The third kappa shape index (κ3) is 5.56. The Hall–Kier alpha value is -3.12. The van der Waals surface area contributed by atoms with Crippen LogP contribution in [0.4, 0.5) is 26.0 Å². The number of aromatic nitrogens is 1. The van der Waals surface area contributed by atoms with Gasteiger partial charge in [-0.25, -0.2) is 13.8 Å². The largest absolute Gasteiger partial charge is 0.398 e. The van der Waals surface area contributed by atoms with Crippen LogP contribution in [0.5, 0.6) is 0 Å². The van der Waals surface area contributed by atoms with E-state index >= 15 is 0 Å². The van der Waals surface area contributed by atoms with Crippen LogP contribution in [0, 0.1) is 15.2 Å². The van der Waals surface area contributed by atoms with E-state index in [4.69, 9.17) is 17.3 Å². The number of halogens is 4. The number of benzene rings is 2. The van der Waals surface area contributed by atoms with E-state index in [1.54, 1.807) is 7.05 Å². The molecule has 0 saturated carbocycles. The number of rotatable bonds is 6. The first kappa shape index (κ1) is 23.5. The van der Waals surface area contributed by atoms with E-state index < -0.39 is 17.5 Å². The van der Waals surface area contributed by atoms with E-state index in [1.807, 2.05) is 22.6 Å². The first-order valence-electron chi connectivity index (χ1n) is 9.01. The molecule has 0 saturated heterocycles. The molecule has 0 aliphatic heterocycles. The number of nitrogens with zero attached hydrogens (tertiary/aromatic N) is 3. The zero-order chi connectivity index (χ0) is 23.3. The van der Waals surface area contributed by atoms with E-state index in [0.29, 0.717) is 14.7 Å². The maximum Gasteiger partial charge on any atom is 0.258 e. The summed E-state index contributed by atoms with van der Waals surface area (Å²) in [5.41, 5.74) is 9.67. The Morgan fingerprint density at radius 3 is 2.66 bits per heavy atom. The normalized spacial score (nSPS) is 11.3. The van der Waals surface area contributed by atoms with Gasteiger partial charge in [-0.2, -0.15) is 5.10 Å². The predicted molar refractivity (Wildman–Crippen MR) is 133 cm³/mol. The van der Waals surface area contributed by atoms with Gasteiger partial charge in [-0.15, -0.1) is 0 Å². The lowest BCUT2D eigenvalue weighted by molar-refractivity contribution is 0.102. The van der Waals surface area contributed by atoms with Gasteiger partial charge in [-0.05, 0) is 59.0 Å². The molecular formula is C21H16ClF2IN6O. The number of anilines is 3. The van der Waals surface area contributed by atoms with Gasteiger partial charge >= 0.3 is 0 Å². The second-order valence-corrected chi connectivity index (χ2v) is 7.92. The summed E-state index contributed by atoms with van der Waals surface area (Å²) in [6.07, 6.45) is 4.24. The third-order valence-corrected chi connectivity index (χ3v) is 5.35. The SMILES string of the molecule is CN=C/C=N\Nc1ncc(NC(=O)c2cc(I)c(-c3ccc(F)cc3N)cc2F)cc1Cl. The highest BCUT2D eigenvalue weighted by Crippen LogP contribution is 2.32. The smallest absolute Gasteiger partial charge is 0.258 e. The van der Waals surface area contributed by atoms with Gasteiger partial charge in [0.05, 0.1) is 28.7 Å².